The predicted molar refractivity (Wildman–Crippen MR) is 113 cm³/mol. The second kappa shape index (κ2) is 8.75. The number of nitrogens with zero attached hydrogens (tertiary/aromatic N) is 3. The molecule has 0 saturated heterocycles. The van der Waals surface area contributed by atoms with Crippen LogP contribution in [-0.2, 0) is 21.4 Å². The maximum absolute atomic E-state index is 12.7. The van der Waals surface area contributed by atoms with E-state index in [0.29, 0.717) is 6.54 Å². The van der Waals surface area contributed by atoms with E-state index in [4.69, 9.17) is 0 Å². The Morgan fingerprint density at radius 1 is 1.14 bits per heavy atom. The van der Waals surface area contributed by atoms with Crippen molar-refractivity contribution in [3.05, 3.63) is 59.9 Å². The number of hydrogen-bond acceptors (Lipinski definition) is 4. The molecule has 0 atom stereocenters. The first-order valence-corrected chi connectivity index (χ1v) is 10.9. The van der Waals surface area contributed by atoms with Crippen LogP contribution in [0.2, 0.25) is 0 Å². The Labute approximate surface area is 171 Å². The van der Waals surface area contributed by atoms with Gasteiger partial charge in [-0.1, -0.05) is 18.2 Å². The number of amides is 1. The van der Waals surface area contributed by atoms with Crippen LogP contribution in [0.3, 0.4) is 0 Å². The summed E-state index contributed by atoms with van der Waals surface area (Å²) in [6.45, 7) is 4.75. The van der Waals surface area contributed by atoms with Crippen molar-refractivity contribution >= 4 is 27.0 Å². The zero-order chi connectivity index (χ0) is 21.0. The molecule has 0 fully saturated rings. The number of aromatic nitrogens is 2. The maximum atomic E-state index is 12.7. The van der Waals surface area contributed by atoms with Gasteiger partial charge < -0.3 is 9.88 Å². The summed E-state index contributed by atoms with van der Waals surface area (Å²) in [5.74, 6) is -0.324. The van der Waals surface area contributed by atoms with E-state index >= 15 is 0 Å². The third kappa shape index (κ3) is 4.83. The lowest BCUT2D eigenvalue weighted by molar-refractivity contribution is -0.121. The molecular weight excluding hydrogens is 388 g/mol. The van der Waals surface area contributed by atoms with Crippen LogP contribution in [0.25, 0.3) is 11.0 Å². The van der Waals surface area contributed by atoms with Gasteiger partial charge in [-0.25, -0.2) is 13.4 Å². The fraction of sp³-hybridized carbons (Fsp3) is 0.333. The van der Waals surface area contributed by atoms with E-state index in [2.05, 4.69) is 10.3 Å². The lowest BCUT2D eigenvalue weighted by Gasteiger charge is -2.17. The highest BCUT2D eigenvalue weighted by Gasteiger charge is 2.23. The van der Waals surface area contributed by atoms with E-state index in [1.165, 1.54) is 7.05 Å². The van der Waals surface area contributed by atoms with Crippen molar-refractivity contribution in [3.63, 3.8) is 0 Å². The van der Waals surface area contributed by atoms with Crippen molar-refractivity contribution < 1.29 is 13.2 Å². The molecule has 0 bridgehead atoms. The van der Waals surface area contributed by atoms with Crippen LogP contribution in [0.1, 0.15) is 17.5 Å². The first-order valence-electron chi connectivity index (χ1n) is 9.49. The van der Waals surface area contributed by atoms with E-state index < -0.39 is 10.0 Å². The van der Waals surface area contributed by atoms with Crippen LogP contribution in [0.15, 0.2) is 53.7 Å². The lowest BCUT2D eigenvalue weighted by Crippen LogP contribution is -2.38. The number of hydrogen-bond donors (Lipinski definition) is 1. The Bertz CT molecular complexity index is 1120. The van der Waals surface area contributed by atoms with E-state index in [-0.39, 0.29) is 17.3 Å². The highest BCUT2D eigenvalue weighted by Crippen LogP contribution is 2.18. The van der Waals surface area contributed by atoms with Gasteiger partial charge in [-0.15, -0.1) is 0 Å². The van der Waals surface area contributed by atoms with Gasteiger partial charge in [0.2, 0.25) is 15.9 Å². The van der Waals surface area contributed by atoms with Gasteiger partial charge in [0.1, 0.15) is 0 Å². The van der Waals surface area contributed by atoms with Crippen LogP contribution in [0.4, 0.5) is 0 Å². The minimum Gasteiger partial charge on any atom is -0.355 e. The van der Waals surface area contributed by atoms with Gasteiger partial charge >= 0.3 is 0 Å². The highest BCUT2D eigenvalue weighted by molar-refractivity contribution is 7.89. The van der Waals surface area contributed by atoms with Gasteiger partial charge in [-0.05, 0) is 55.7 Å². The third-order valence-electron chi connectivity index (χ3n) is 4.98. The van der Waals surface area contributed by atoms with Gasteiger partial charge in [0, 0.05) is 20.1 Å². The first kappa shape index (κ1) is 21.0. The number of sulfonamides is 1. The first-order chi connectivity index (χ1) is 13.8. The summed E-state index contributed by atoms with van der Waals surface area (Å²) >= 11 is 0. The Hall–Kier alpha value is -2.71. The summed E-state index contributed by atoms with van der Waals surface area (Å²) in [4.78, 5) is 16.7. The molecule has 0 aliphatic rings. The van der Waals surface area contributed by atoms with Crippen molar-refractivity contribution in [1.29, 1.82) is 0 Å². The molecule has 3 aromatic rings. The normalized spacial score (nSPS) is 11.9. The average Bonchev–Trinajstić information content (AvgIpc) is 3.10. The Morgan fingerprint density at radius 3 is 2.66 bits per heavy atom. The number of carbonyl (C=O) groups excluding carboxylic acids is 1. The molecule has 2 aromatic carbocycles. The predicted octanol–water partition coefficient (Wildman–Crippen LogP) is 2.48. The zero-order valence-corrected chi connectivity index (χ0v) is 17.7. The van der Waals surface area contributed by atoms with E-state index in [0.717, 1.165) is 39.4 Å². The second-order valence-corrected chi connectivity index (χ2v) is 9.18. The lowest BCUT2D eigenvalue weighted by atomic mass is 10.1. The second-order valence-electron chi connectivity index (χ2n) is 7.14. The van der Waals surface area contributed by atoms with Crippen molar-refractivity contribution in [2.45, 2.75) is 31.7 Å². The molecule has 0 radical (unpaired) electrons. The largest absolute Gasteiger partial charge is 0.355 e. The number of aryl methyl sites for hydroxylation is 3. The molecule has 3 rings (SSSR count). The van der Waals surface area contributed by atoms with Crippen molar-refractivity contribution in [3.8, 4) is 0 Å². The molecule has 154 valence electrons. The summed E-state index contributed by atoms with van der Waals surface area (Å²) in [7, 11) is -2.29. The molecule has 0 spiro atoms. The quantitative estimate of drug-likeness (QED) is 0.574. The topological polar surface area (TPSA) is 84.3 Å². The average molecular weight is 415 g/mol. The molecule has 0 aliphatic carbocycles. The van der Waals surface area contributed by atoms with Crippen molar-refractivity contribution in [2.24, 2.45) is 0 Å². The van der Waals surface area contributed by atoms with Crippen molar-refractivity contribution in [2.75, 3.05) is 20.1 Å². The SMILES string of the molecule is Cc1ccc(S(=O)(=O)N(C)CC(=O)NCCCn2cnc3ccccc32)cc1C. The fourth-order valence-corrected chi connectivity index (χ4v) is 4.28. The number of likely N-dealkylation sites (N-methyl/N-ethyl adjacent to an activating group) is 1. The molecule has 1 heterocycles. The third-order valence-corrected chi connectivity index (χ3v) is 6.78. The van der Waals surface area contributed by atoms with Gasteiger partial charge in [0.15, 0.2) is 0 Å². The van der Waals surface area contributed by atoms with Crippen LogP contribution in [-0.4, -0.2) is 48.3 Å². The Kier molecular flexibility index (Phi) is 6.34. The molecule has 0 unspecified atom stereocenters. The van der Waals surface area contributed by atoms with Crippen molar-refractivity contribution in [1.82, 2.24) is 19.2 Å². The zero-order valence-electron chi connectivity index (χ0n) is 16.9. The standard InChI is InChI=1S/C21H26N4O3S/c1-16-9-10-18(13-17(16)2)29(27,28)24(3)14-21(26)22-11-6-12-25-15-23-19-7-4-5-8-20(19)25/h4-5,7-10,13,15H,6,11-12,14H2,1-3H3,(H,22,26). The summed E-state index contributed by atoms with van der Waals surface area (Å²) in [6, 6.07) is 12.9. The summed E-state index contributed by atoms with van der Waals surface area (Å²) in [5.41, 5.74) is 3.92. The molecule has 1 amide bonds. The highest BCUT2D eigenvalue weighted by atomic mass is 32.2. The smallest absolute Gasteiger partial charge is 0.243 e. The molecule has 29 heavy (non-hydrogen) atoms. The molecule has 7 nitrogen and oxygen atoms in total. The van der Waals surface area contributed by atoms with E-state index in [9.17, 15) is 13.2 Å². The Balaban J connectivity index is 1.50. The van der Waals surface area contributed by atoms with Gasteiger partial charge in [0.25, 0.3) is 0 Å². The number of nitrogens with one attached hydrogen (secondary N) is 1. The minimum absolute atomic E-state index is 0.197. The van der Waals surface area contributed by atoms with Crippen LogP contribution >= 0.6 is 0 Å². The number of fused-ring (bicyclic) bond motifs is 1. The van der Waals surface area contributed by atoms with Gasteiger partial charge in [-0.3, -0.25) is 4.79 Å². The number of rotatable bonds is 8. The van der Waals surface area contributed by atoms with Crippen LogP contribution < -0.4 is 5.32 Å². The fourth-order valence-electron chi connectivity index (χ4n) is 3.06. The molecular formula is C21H26N4O3S. The van der Waals surface area contributed by atoms with E-state index in [1.807, 2.05) is 42.7 Å². The number of benzene rings is 2. The molecule has 0 aliphatic heterocycles. The molecule has 1 aromatic heterocycles. The summed E-state index contributed by atoms with van der Waals surface area (Å²) in [6.07, 6.45) is 2.51. The molecule has 8 heteroatoms. The summed E-state index contributed by atoms with van der Waals surface area (Å²) < 4.78 is 28.5. The number of imidazole rings is 1. The minimum atomic E-state index is -3.70. The van der Waals surface area contributed by atoms with Gasteiger partial charge in [-0.2, -0.15) is 4.31 Å². The van der Waals surface area contributed by atoms with Gasteiger partial charge in [0.05, 0.1) is 28.8 Å². The van der Waals surface area contributed by atoms with E-state index in [1.54, 1.807) is 24.5 Å². The summed E-state index contributed by atoms with van der Waals surface area (Å²) in [5, 5.41) is 2.79. The number of carbonyl (C=O) groups is 1. The van der Waals surface area contributed by atoms with Crippen LogP contribution in [0.5, 0.6) is 0 Å². The maximum Gasteiger partial charge on any atom is 0.243 e. The number of para-hydroxylation sites is 2. The van der Waals surface area contributed by atoms with Crippen LogP contribution in [0, 0.1) is 13.8 Å². The monoisotopic (exact) mass is 414 g/mol. The molecule has 1 N–H and O–H groups in total. The molecule has 0 saturated carbocycles. The Morgan fingerprint density at radius 2 is 1.90 bits per heavy atom.